The maximum atomic E-state index is 12.7. The average molecular weight is 616 g/mol. The molecular formula is C35H41NO7Si. The summed E-state index contributed by atoms with van der Waals surface area (Å²) >= 11 is 0. The van der Waals surface area contributed by atoms with Gasteiger partial charge in [0.05, 0.1) is 13.7 Å². The summed E-state index contributed by atoms with van der Waals surface area (Å²) in [6.07, 6.45) is -2.15. The number of hydrogen-bond acceptors (Lipinski definition) is 8. The van der Waals surface area contributed by atoms with Crippen molar-refractivity contribution in [1.29, 1.82) is 0 Å². The number of nitrogens with zero attached hydrogens (tertiary/aromatic N) is 1. The number of benzene rings is 3. The number of carbonyl (C=O) groups excluding carboxylic acids is 1. The van der Waals surface area contributed by atoms with Crippen molar-refractivity contribution in [3.8, 4) is 5.75 Å². The van der Waals surface area contributed by atoms with Crippen molar-refractivity contribution < 1.29 is 33.3 Å². The Morgan fingerprint density at radius 2 is 1.55 bits per heavy atom. The summed E-state index contributed by atoms with van der Waals surface area (Å²) in [6.45, 7) is 11.6. The van der Waals surface area contributed by atoms with Crippen molar-refractivity contribution in [2.24, 2.45) is 4.99 Å². The second-order valence-electron chi connectivity index (χ2n) is 13.2. The first-order valence-corrected chi connectivity index (χ1v) is 17.0. The monoisotopic (exact) mass is 615 g/mol. The summed E-state index contributed by atoms with van der Waals surface area (Å²) in [5.74, 6) is 0.585. The fourth-order valence-electron chi connectivity index (χ4n) is 7.51. The Morgan fingerprint density at radius 1 is 0.977 bits per heavy atom. The maximum absolute atomic E-state index is 12.7. The molecule has 3 aromatic rings. The van der Waals surface area contributed by atoms with Crippen LogP contribution in [0.3, 0.4) is 0 Å². The highest BCUT2D eigenvalue weighted by Crippen LogP contribution is 2.65. The molecule has 1 spiro atoms. The van der Waals surface area contributed by atoms with Crippen LogP contribution in [0.2, 0.25) is 5.04 Å². The first-order chi connectivity index (χ1) is 20.8. The zero-order chi connectivity index (χ0) is 31.5. The highest BCUT2D eigenvalue weighted by Gasteiger charge is 2.89. The quantitative estimate of drug-likeness (QED) is 0.232. The Hall–Kier alpha value is -3.50. The number of hydrogen-bond donors (Lipinski definition) is 1. The second-order valence-corrected chi connectivity index (χ2v) is 17.5. The first kappa shape index (κ1) is 30.5. The smallest absolute Gasteiger partial charge is 0.303 e. The van der Waals surface area contributed by atoms with Crippen LogP contribution in [0.25, 0.3) is 0 Å². The standard InChI is InChI=1S/C35H41NO7Si/c1-23-35(36-31(41-23)25-18-20-26(39-7)21-19-25)30(42-24(2)37)29-34(43-29,33(35,6)38)22-40-44(32(3,4)5,27-14-10-8-11-15-27)28-16-12-9-13-17-28/h8-21,23,29-30,38H,22H2,1-7H3/t23-,29+,30+,33+,34+,35-/m0/s1. The molecule has 8 nitrogen and oxygen atoms in total. The van der Waals surface area contributed by atoms with E-state index in [9.17, 15) is 9.90 Å². The molecule has 2 heterocycles. The molecule has 6 rings (SSSR count). The molecule has 0 bridgehead atoms. The molecule has 3 aliphatic rings. The van der Waals surface area contributed by atoms with Crippen LogP contribution in [0.1, 0.15) is 47.1 Å². The van der Waals surface area contributed by atoms with E-state index in [4.69, 9.17) is 28.4 Å². The molecule has 6 atom stereocenters. The Kier molecular flexibility index (Phi) is 7.32. The molecule has 9 heteroatoms. The van der Waals surface area contributed by atoms with Crippen molar-refractivity contribution in [3.05, 3.63) is 90.5 Å². The Balaban J connectivity index is 1.44. The summed E-state index contributed by atoms with van der Waals surface area (Å²) in [5, 5.41) is 14.6. The van der Waals surface area contributed by atoms with E-state index in [1.807, 2.05) is 67.6 Å². The van der Waals surface area contributed by atoms with Gasteiger partial charge in [-0.15, -0.1) is 0 Å². The van der Waals surface area contributed by atoms with Crippen LogP contribution in [-0.2, 0) is 23.4 Å². The zero-order valence-corrected chi connectivity index (χ0v) is 27.4. The van der Waals surface area contributed by atoms with Crippen molar-refractivity contribution in [2.75, 3.05) is 13.7 Å². The van der Waals surface area contributed by atoms with Gasteiger partial charge in [0.25, 0.3) is 8.32 Å². The lowest BCUT2D eigenvalue weighted by Gasteiger charge is -2.46. The van der Waals surface area contributed by atoms with Gasteiger partial charge in [0.2, 0.25) is 5.90 Å². The number of carbonyl (C=O) groups is 1. The Bertz CT molecular complexity index is 1510. The number of esters is 1. The SMILES string of the molecule is COc1ccc(C2=N[C@@]3([C@H](C)O2)[C@H](OC(C)=O)[C@H]2O[C@@]2(CO[Si](c2ccccc2)(c2ccccc2)C(C)(C)C)[C@@]3(C)O)cc1. The highest BCUT2D eigenvalue weighted by molar-refractivity contribution is 6.99. The van der Waals surface area contributed by atoms with Crippen LogP contribution < -0.4 is 15.1 Å². The number of ether oxygens (including phenoxy) is 4. The molecule has 1 saturated heterocycles. The first-order valence-electron chi connectivity index (χ1n) is 15.1. The van der Waals surface area contributed by atoms with Crippen molar-refractivity contribution in [3.63, 3.8) is 0 Å². The van der Waals surface area contributed by atoms with Gasteiger partial charge >= 0.3 is 5.97 Å². The van der Waals surface area contributed by atoms with E-state index in [2.05, 4.69) is 45.0 Å². The van der Waals surface area contributed by atoms with Gasteiger partial charge in [0.1, 0.15) is 23.6 Å². The summed E-state index contributed by atoms with van der Waals surface area (Å²) in [6, 6.07) is 28.0. The highest BCUT2D eigenvalue weighted by atomic mass is 28.4. The number of aliphatic imine (C=N–C) groups is 1. The predicted molar refractivity (Wildman–Crippen MR) is 170 cm³/mol. The fraction of sp³-hybridized carbons (Fsp3) is 0.429. The fourth-order valence-corrected chi connectivity index (χ4v) is 12.1. The van der Waals surface area contributed by atoms with Crippen molar-refractivity contribution in [2.45, 2.75) is 81.6 Å². The van der Waals surface area contributed by atoms with Crippen LogP contribution in [0, 0.1) is 0 Å². The van der Waals surface area contributed by atoms with E-state index in [-0.39, 0.29) is 11.6 Å². The zero-order valence-electron chi connectivity index (χ0n) is 26.4. The van der Waals surface area contributed by atoms with Gasteiger partial charge in [-0.1, -0.05) is 81.4 Å². The summed E-state index contributed by atoms with van der Waals surface area (Å²) in [7, 11) is -1.37. The van der Waals surface area contributed by atoms with Crippen LogP contribution in [0.5, 0.6) is 5.75 Å². The molecule has 0 amide bonds. The lowest BCUT2D eigenvalue weighted by Crippen LogP contribution is -2.69. The summed E-state index contributed by atoms with van der Waals surface area (Å²) in [4.78, 5) is 17.5. The predicted octanol–water partition coefficient (Wildman–Crippen LogP) is 4.01. The lowest BCUT2D eigenvalue weighted by atomic mass is 9.75. The topological polar surface area (TPSA) is 99.1 Å². The minimum absolute atomic E-state index is 0.0809. The van der Waals surface area contributed by atoms with Gasteiger partial charge in [-0.25, -0.2) is 4.99 Å². The minimum Gasteiger partial charge on any atom is -0.497 e. The molecule has 0 radical (unpaired) electrons. The van der Waals surface area contributed by atoms with Gasteiger partial charge in [-0.2, -0.15) is 0 Å². The number of methoxy groups -OCH3 is 1. The van der Waals surface area contributed by atoms with E-state index in [1.165, 1.54) is 6.92 Å². The molecule has 232 valence electrons. The molecule has 1 N–H and O–H groups in total. The third-order valence-corrected chi connectivity index (χ3v) is 14.8. The largest absolute Gasteiger partial charge is 0.497 e. The molecule has 2 aliphatic heterocycles. The Labute approximate surface area is 260 Å². The van der Waals surface area contributed by atoms with Gasteiger partial charge in [0, 0.05) is 12.5 Å². The molecule has 44 heavy (non-hydrogen) atoms. The molecule has 3 aromatic carbocycles. The number of fused-ring (bicyclic) bond motifs is 1. The molecule has 0 aromatic heterocycles. The van der Waals surface area contributed by atoms with Crippen LogP contribution in [0.4, 0.5) is 0 Å². The normalized spacial score (nSPS) is 30.8. The second kappa shape index (κ2) is 10.5. The van der Waals surface area contributed by atoms with Gasteiger partial charge in [-0.05, 0) is 53.5 Å². The number of epoxide rings is 1. The maximum Gasteiger partial charge on any atom is 0.303 e. The summed E-state index contributed by atoms with van der Waals surface area (Å²) in [5.41, 5.74) is -3.41. The van der Waals surface area contributed by atoms with Gasteiger partial charge < -0.3 is 28.5 Å². The van der Waals surface area contributed by atoms with Crippen LogP contribution >= 0.6 is 0 Å². The van der Waals surface area contributed by atoms with Gasteiger partial charge in [-0.3, -0.25) is 4.79 Å². The minimum atomic E-state index is -2.97. The average Bonchev–Trinajstić information content (AvgIpc) is 3.60. The number of aliphatic hydroxyl groups is 1. The van der Waals surface area contributed by atoms with Crippen molar-refractivity contribution in [1.82, 2.24) is 0 Å². The van der Waals surface area contributed by atoms with E-state index in [0.717, 1.165) is 15.9 Å². The molecule has 1 saturated carbocycles. The third kappa shape index (κ3) is 4.28. The van der Waals surface area contributed by atoms with E-state index in [1.54, 1.807) is 14.0 Å². The van der Waals surface area contributed by atoms with Crippen LogP contribution in [0.15, 0.2) is 89.9 Å². The summed E-state index contributed by atoms with van der Waals surface area (Å²) < 4.78 is 31.2. The molecule has 0 unspecified atom stereocenters. The molecule has 1 aliphatic carbocycles. The van der Waals surface area contributed by atoms with Crippen LogP contribution in [-0.4, -0.2) is 74.1 Å². The Morgan fingerprint density at radius 3 is 2.05 bits per heavy atom. The van der Waals surface area contributed by atoms with E-state index < -0.39 is 49.3 Å². The lowest BCUT2D eigenvalue weighted by molar-refractivity contribution is -0.172. The van der Waals surface area contributed by atoms with Crippen molar-refractivity contribution >= 4 is 30.6 Å². The third-order valence-electron chi connectivity index (χ3n) is 9.80. The van der Waals surface area contributed by atoms with E-state index >= 15 is 0 Å². The number of rotatable bonds is 8. The van der Waals surface area contributed by atoms with E-state index in [0.29, 0.717) is 11.6 Å². The molecule has 2 fully saturated rings. The molecular weight excluding hydrogens is 574 g/mol. The van der Waals surface area contributed by atoms with Gasteiger partial charge in [0.15, 0.2) is 17.2 Å².